The van der Waals surface area contributed by atoms with Gasteiger partial charge in [-0.15, -0.1) is 0 Å². The molecule has 0 bridgehead atoms. The molecule has 1 heterocycles. The van der Waals surface area contributed by atoms with E-state index in [2.05, 4.69) is 34.7 Å². The third-order valence-corrected chi connectivity index (χ3v) is 3.43. The van der Waals surface area contributed by atoms with Crippen molar-refractivity contribution in [1.29, 1.82) is 0 Å². The molecule has 1 aromatic heterocycles. The lowest BCUT2D eigenvalue weighted by atomic mass is 10.0. The molecule has 0 atom stereocenters. The van der Waals surface area contributed by atoms with E-state index in [-0.39, 0.29) is 0 Å². The Labute approximate surface area is 101 Å². The highest BCUT2D eigenvalue weighted by Crippen LogP contribution is 2.39. The Morgan fingerprint density at radius 3 is 2.82 bits per heavy atom. The number of hydrogen-bond acceptors (Lipinski definition) is 2. The second-order valence-corrected chi connectivity index (χ2v) is 4.63. The molecule has 3 nitrogen and oxygen atoms in total. The van der Waals surface area contributed by atoms with Crippen molar-refractivity contribution in [1.82, 2.24) is 9.55 Å². The molecule has 0 radical (unpaired) electrons. The minimum atomic E-state index is 0.588. The highest BCUT2D eigenvalue weighted by molar-refractivity contribution is 5.73. The lowest BCUT2D eigenvalue weighted by molar-refractivity contribution is 0.751. The zero-order valence-corrected chi connectivity index (χ0v) is 10.1. The van der Waals surface area contributed by atoms with E-state index in [0.717, 1.165) is 17.9 Å². The number of nitrogens with zero attached hydrogens (tertiary/aromatic N) is 2. The lowest BCUT2D eigenvalue weighted by Gasteiger charge is -2.07. The van der Waals surface area contributed by atoms with Gasteiger partial charge < -0.3 is 10.3 Å². The smallest absolute Gasteiger partial charge is 0.131 e. The van der Waals surface area contributed by atoms with Crippen LogP contribution in [0, 0.1) is 0 Å². The fourth-order valence-corrected chi connectivity index (χ4v) is 2.28. The first kappa shape index (κ1) is 10.4. The normalized spacial score (nSPS) is 15.1. The highest BCUT2D eigenvalue weighted by Gasteiger charge is 2.26. The summed E-state index contributed by atoms with van der Waals surface area (Å²) in [5.41, 5.74) is 9.62. The second-order valence-electron chi connectivity index (χ2n) is 4.63. The van der Waals surface area contributed by atoms with Crippen LogP contribution in [0.15, 0.2) is 30.6 Å². The van der Waals surface area contributed by atoms with E-state index in [1.54, 1.807) is 0 Å². The molecule has 3 heteroatoms. The SMILES string of the molecule is CCc1ccccc1-c1ncn(C2CC2)c1N. The summed E-state index contributed by atoms with van der Waals surface area (Å²) in [6.07, 6.45) is 5.35. The first-order valence-corrected chi connectivity index (χ1v) is 6.21. The molecule has 2 N–H and O–H groups in total. The Hall–Kier alpha value is -1.77. The summed E-state index contributed by atoms with van der Waals surface area (Å²) in [5.74, 6) is 0.813. The molecule has 0 unspecified atom stereocenters. The van der Waals surface area contributed by atoms with Gasteiger partial charge in [0, 0.05) is 11.6 Å². The Kier molecular flexibility index (Phi) is 2.39. The van der Waals surface area contributed by atoms with Crippen LogP contribution in [0.3, 0.4) is 0 Å². The number of anilines is 1. The Balaban J connectivity index is 2.08. The van der Waals surface area contributed by atoms with Gasteiger partial charge in [0.05, 0.1) is 6.33 Å². The summed E-state index contributed by atoms with van der Waals surface area (Å²) in [4.78, 5) is 4.49. The molecule has 1 aliphatic rings. The molecule has 1 aromatic carbocycles. The van der Waals surface area contributed by atoms with Gasteiger partial charge in [0.25, 0.3) is 0 Å². The van der Waals surface area contributed by atoms with Crippen LogP contribution < -0.4 is 5.73 Å². The van der Waals surface area contributed by atoms with Crippen molar-refractivity contribution in [3.63, 3.8) is 0 Å². The maximum atomic E-state index is 6.20. The van der Waals surface area contributed by atoms with E-state index in [1.165, 1.54) is 24.0 Å². The van der Waals surface area contributed by atoms with E-state index in [4.69, 9.17) is 5.73 Å². The number of nitrogens with two attached hydrogens (primary N) is 1. The van der Waals surface area contributed by atoms with E-state index in [1.807, 2.05) is 12.4 Å². The average molecular weight is 227 g/mol. The fraction of sp³-hybridized carbons (Fsp3) is 0.357. The maximum absolute atomic E-state index is 6.20. The minimum absolute atomic E-state index is 0.588. The topological polar surface area (TPSA) is 43.8 Å². The van der Waals surface area contributed by atoms with E-state index in [9.17, 15) is 0 Å². The van der Waals surface area contributed by atoms with Crippen LogP contribution in [0.25, 0.3) is 11.3 Å². The van der Waals surface area contributed by atoms with E-state index < -0.39 is 0 Å². The molecule has 1 aliphatic carbocycles. The predicted octanol–water partition coefficient (Wildman–Crippen LogP) is 3.03. The van der Waals surface area contributed by atoms with Gasteiger partial charge in [0.2, 0.25) is 0 Å². The Morgan fingerprint density at radius 1 is 1.35 bits per heavy atom. The number of nitrogen functional groups attached to an aromatic ring is 1. The number of aryl methyl sites for hydroxylation is 1. The summed E-state index contributed by atoms with van der Waals surface area (Å²) in [7, 11) is 0. The molecule has 1 fully saturated rings. The van der Waals surface area contributed by atoms with Crippen LogP contribution >= 0.6 is 0 Å². The first-order chi connectivity index (χ1) is 8.31. The number of rotatable bonds is 3. The third-order valence-electron chi connectivity index (χ3n) is 3.43. The molecular weight excluding hydrogens is 210 g/mol. The van der Waals surface area contributed by atoms with Crippen LogP contribution in [0.5, 0.6) is 0 Å². The largest absolute Gasteiger partial charge is 0.383 e. The summed E-state index contributed by atoms with van der Waals surface area (Å²) in [6, 6.07) is 8.95. The molecule has 0 saturated heterocycles. The number of hydrogen-bond donors (Lipinski definition) is 1. The molecule has 3 rings (SSSR count). The zero-order chi connectivity index (χ0) is 11.8. The highest BCUT2D eigenvalue weighted by atomic mass is 15.2. The number of benzene rings is 1. The quantitative estimate of drug-likeness (QED) is 0.875. The molecule has 0 aliphatic heterocycles. The number of imidazole rings is 1. The standard InChI is InChI=1S/C14H17N3/c1-2-10-5-3-4-6-12(10)13-14(15)17(9-16-13)11-7-8-11/h3-6,9,11H,2,7-8,15H2,1H3. The Morgan fingerprint density at radius 2 is 2.12 bits per heavy atom. The monoisotopic (exact) mass is 227 g/mol. The molecule has 0 spiro atoms. The van der Waals surface area contributed by atoms with Crippen molar-refractivity contribution in [2.45, 2.75) is 32.2 Å². The van der Waals surface area contributed by atoms with Crippen LogP contribution in [0.4, 0.5) is 5.82 Å². The van der Waals surface area contributed by atoms with Crippen molar-refractivity contribution in [3.8, 4) is 11.3 Å². The van der Waals surface area contributed by atoms with Gasteiger partial charge in [-0.05, 0) is 24.8 Å². The van der Waals surface area contributed by atoms with E-state index in [0.29, 0.717) is 6.04 Å². The average Bonchev–Trinajstić information content (AvgIpc) is 3.13. The van der Waals surface area contributed by atoms with Gasteiger partial charge >= 0.3 is 0 Å². The van der Waals surface area contributed by atoms with Crippen LogP contribution in [0.1, 0.15) is 31.4 Å². The van der Waals surface area contributed by atoms with Gasteiger partial charge in [-0.1, -0.05) is 31.2 Å². The lowest BCUT2D eigenvalue weighted by Crippen LogP contribution is -2.00. The van der Waals surface area contributed by atoms with Crippen molar-refractivity contribution in [2.24, 2.45) is 0 Å². The summed E-state index contributed by atoms with van der Waals surface area (Å²) >= 11 is 0. The van der Waals surface area contributed by atoms with Crippen molar-refractivity contribution < 1.29 is 0 Å². The third kappa shape index (κ3) is 1.71. The zero-order valence-electron chi connectivity index (χ0n) is 10.1. The van der Waals surface area contributed by atoms with Crippen LogP contribution in [-0.4, -0.2) is 9.55 Å². The van der Waals surface area contributed by atoms with E-state index >= 15 is 0 Å². The molecule has 88 valence electrons. The molecule has 1 saturated carbocycles. The second kappa shape index (κ2) is 3.91. The maximum Gasteiger partial charge on any atom is 0.131 e. The summed E-state index contributed by atoms with van der Waals surface area (Å²) in [6.45, 7) is 2.16. The molecular formula is C14H17N3. The molecule has 0 amide bonds. The first-order valence-electron chi connectivity index (χ1n) is 6.21. The van der Waals surface area contributed by atoms with Crippen LogP contribution in [0.2, 0.25) is 0 Å². The van der Waals surface area contributed by atoms with Crippen molar-refractivity contribution in [3.05, 3.63) is 36.2 Å². The Bertz CT molecular complexity index is 538. The van der Waals surface area contributed by atoms with Gasteiger partial charge in [0.1, 0.15) is 11.5 Å². The van der Waals surface area contributed by atoms with Gasteiger partial charge in [-0.2, -0.15) is 0 Å². The molecule has 17 heavy (non-hydrogen) atoms. The van der Waals surface area contributed by atoms with Gasteiger partial charge in [-0.3, -0.25) is 0 Å². The fourth-order valence-electron chi connectivity index (χ4n) is 2.28. The minimum Gasteiger partial charge on any atom is -0.383 e. The summed E-state index contributed by atoms with van der Waals surface area (Å²) in [5, 5.41) is 0. The van der Waals surface area contributed by atoms with Crippen molar-refractivity contribution in [2.75, 3.05) is 5.73 Å². The van der Waals surface area contributed by atoms with Crippen LogP contribution in [-0.2, 0) is 6.42 Å². The van der Waals surface area contributed by atoms with Gasteiger partial charge in [0.15, 0.2) is 0 Å². The van der Waals surface area contributed by atoms with Crippen molar-refractivity contribution >= 4 is 5.82 Å². The van der Waals surface area contributed by atoms with Gasteiger partial charge in [-0.25, -0.2) is 4.98 Å². The molecule has 2 aromatic rings. The number of aromatic nitrogens is 2. The predicted molar refractivity (Wildman–Crippen MR) is 69.7 cm³/mol. The summed E-state index contributed by atoms with van der Waals surface area (Å²) < 4.78 is 2.11.